The molecule has 2 aromatic heterocycles. The number of rotatable bonds is 10. The Labute approximate surface area is 172 Å². The molecule has 2 aromatic rings. The molecule has 0 unspecified atom stereocenters. The first-order chi connectivity index (χ1) is 12.6. The van der Waals surface area contributed by atoms with Gasteiger partial charge in [0.05, 0.1) is 29.1 Å². The first kappa shape index (κ1) is 22.9. The van der Waals surface area contributed by atoms with E-state index < -0.39 is 11.9 Å². The molecule has 1 N–H and O–H groups in total. The quantitative estimate of drug-likeness (QED) is 0.324. The fourth-order valence-electron chi connectivity index (χ4n) is 2.53. The van der Waals surface area contributed by atoms with E-state index in [0.29, 0.717) is 23.6 Å². The number of pyridine rings is 2. The summed E-state index contributed by atoms with van der Waals surface area (Å²) in [4.78, 5) is 31.5. The van der Waals surface area contributed by atoms with Crippen molar-refractivity contribution < 1.29 is 38.9 Å². The largest absolute Gasteiger partial charge is 0.478 e. The van der Waals surface area contributed by atoms with Gasteiger partial charge in [0.25, 0.3) is 0 Å². The van der Waals surface area contributed by atoms with Gasteiger partial charge in [0.2, 0.25) is 0 Å². The number of unbranched alkanes of at least 4 members (excludes halogenated alkanes) is 5. The minimum atomic E-state index is -1.04. The predicted molar refractivity (Wildman–Crippen MR) is 98.1 cm³/mol. The van der Waals surface area contributed by atoms with Crippen molar-refractivity contribution in [1.29, 1.82) is 0 Å². The van der Waals surface area contributed by atoms with E-state index in [9.17, 15) is 9.59 Å². The van der Waals surface area contributed by atoms with Crippen LogP contribution in [0.25, 0.3) is 11.4 Å². The molecule has 2 heterocycles. The Morgan fingerprint density at radius 2 is 1.48 bits per heavy atom. The zero-order valence-electron chi connectivity index (χ0n) is 15.3. The second-order valence-corrected chi connectivity index (χ2v) is 6.07. The molecule has 7 heteroatoms. The van der Waals surface area contributed by atoms with Gasteiger partial charge in [-0.15, -0.1) is 0 Å². The maximum atomic E-state index is 12.2. The Kier molecular flexibility index (Phi) is 10.4. The van der Waals surface area contributed by atoms with Gasteiger partial charge in [-0.25, -0.2) is 9.59 Å². The van der Waals surface area contributed by atoms with Crippen molar-refractivity contribution in [1.82, 2.24) is 9.97 Å². The molecule has 0 atom stereocenters. The van der Waals surface area contributed by atoms with Crippen molar-refractivity contribution in [3.05, 3.63) is 47.8 Å². The average molecular weight is 457 g/mol. The fourth-order valence-corrected chi connectivity index (χ4v) is 2.53. The molecule has 0 radical (unpaired) electrons. The summed E-state index contributed by atoms with van der Waals surface area (Å²) in [7, 11) is 0. The monoisotopic (exact) mass is 458 g/mol. The molecular formula is C20H24N2O4Ru. The molecule has 0 amide bonds. The summed E-state index contributed by atoms with van der Waals surface area (Å²) in [5, 5.41) is 9.07. The van der Waals surface area contributed by atoms with E-state index >= 15 is 0 Å². The molecule has 0 fully saturated rings. The minimum Gasteiger partial charge on any atom is -0.478 e. The summed E-state index contributed by atoms with van der Waals surface area (Å²) in [5.74, 6) is -1.44. The van der Waals surface area contributed by atoms with E-state index in [1.165, 1.54) is 43.8 Å². The molecule has 0 aliphatic heterocycles. The molecule has 6 nitrogen and oxygen atoms in total. The topological polar surface area (TPSA) is 89.4 Å². The molecule has 0 aliphatic carbocycles. The van der Waals surface area contributed by atoms with Crippen molar-refractivity contribution in [3.8, 4) is 11.4 Å². The van der Waals surface area contributed by atoms with Gasteiger partial charge in [0.1, 0.15) is 0 Å². The van der Waals surface area contributed by atoms with Crippen molar-refractivity contribution in [2.75, 3.05) is 6.61 Å². The summed E-state index contributed by atoms with van der Waals surface area (Å²) < 4.78 is 5.31. The van der Waals surface area contributed by atoms with Gasteiger partial charge in [-0.2, -0.15) is 0 Å². The zero-order chi connectivity index (χ0) is 18.8. The third kappa shape index (κ3) is 7.55. The van der Waals surface area contributed by atoms with Gasteiger partial charge in [0.15, 0.2) is 0 Å². The van der Waals surface area contributed by atoms with Gasteiger partial charge in [-0.05, 0) is 30.7 Å². The average Bonchev–Trinajstić information content (AvgIpc) is 2.67. The number of aromatic carboxylic acids is 1. The van der Waals surface area contributed by atoms with Gasteiger partial charge in [-0.3, -0.25) is 9.97 Å². The first-order valence-electron chi connectivity index (χ1n) is 8.94. The third-order valence-electron chi connectivity index (χ3n) is 4.00. The molecule has 0 saturated heterocycles. The summed E-state index contributed by atoms with van der Waals surface area (Å²) in [6.07, 6.45) is 9.66. The van der Waals surface area contributed by atoms with E-state index in [1.54, 1.807) is 12.1 Å². The molecule has 0 spiro atoms. The number of esters is 1. The van der Waals surface area contributed by atoms with E-state index in [0.717, 1.165) is 19.3 Å². The van der Waals surface area contributed by atoms with Gasteiger partial charge < -0.3 is 9.84 Å². The van der Waals surface area contributed by atoms with Crippen LogP contribution in [-0.2, 0) is 24.2 Å². The molecule has 146 valence electrons. The number of carboxylic acid groups (broad SMARTS) is 1. The van der Waals surface area contributed by atoms with Crippen LogP contribution in [-0.4, -0.2) is 33.6 Å². The molecule has 0 aliphatic rings. The van der Waals surface area contributed by atoms with Crippen LogP contribution in [0.3, 0.4) is 0 Å². The molecule has 0 aromatic carbocycles. The molecule has 0 saturated carbocycles. The van der Waals surface area contributed by atoms with Crippen LogP contribution in [0, 0.1) is 0 Å². The Balaban J connectivity index is 0.00000364. The van der Waals surface area contributed by atoms with E-state index in [-0.39, 0.29) is 25.0 Å². The number of hydrogen-bond donors (Lipinski definition) is 1. The summed E-state index contributed by atoms with van der Waals surface area (Å²) in [6.45, 7) is 2.58. The molecule has 27 heavy (non-hydrogen) atoms. The number of carbonyl (C=O) groups is 2. The Hall–Kier alpha value is -2.14. The Morgan fingerprint density at radius 1 is 0.926 bits per heavy atom. The van der Waals surface area contributed by atoms with Crippen LogP contribution in [0.2, 0.25) is 0 Å². The van der Waals surface area contributed by atoms with Crippen LogP contribution >= 0.6 is 0 Å². The van der Waals surface area contributed by atoms with Crippen molar-refractivity contribution >= 4 is 11.9 Å². The molecular weight excluding hydrogens is 433 g/mol. The first-order valence-corrected chi connectivity index (χ1v) is 8.94. The molecule has 2 rings (SSSR count). The standard InChI is InChI=1S/C20H24N2O4.Ru/c1-2-3-4-5-6-7-12-26-20(25)16-9-11-22-18(14-16)17-13-15(19(23)24)8-10-21-17;/h8-11,13-14H,2-7,12H2,1H3,(H,23,24);. The van der Waals surface area contributed by atoms with Crippen LogP contribution < -0.4 is 0 Å². The number of aromatic nitrogens is 2. The Bertz CT molecular complexity index is 752. The third-order valence-corrected chi connectivity index (χ3v) is 4.00. The van der Waals surface area contributed by atoms with Crippen molar-refractivity contribution in [2.24, 2.45) is 0 Å². The Morgan fingerprint density at radius 3 is 2.11 bits per heavy atom. The maximum Gasteiger partial charge on any atom is 0.338 e. The summed E-state index contributed by atoms with van der Waals surface area (Å²) in [6, 6.07) is 5.98. The second-order valence-electron chi connectivity index (χ2n) is 6.07. The number of carboxylic acids is 1. The predicted octanol–water partition coefficient (Wildman–Crippen LogP) is 4.36. The fraction of sp³-hybridized carbons (Fsp3) is 0.400. The number of carbonyl (C=O) groups excluding carboxylic acids is 1. The van der Waals surface area contributed by atoms with Gasteiger partial charge in [0, 0.05) is 31.9 Å². The van der Waals surface area contributed by atoms with Crippen LogP contribution in [0.1, 0.15) is 66.2 Å². The molecule has 0 bridgehead atoms. The van der Waals surface area contributed by atoms with Gasteiger partial charge >= 0.3 is 11.9 Å². The zero-order valence-corrected chi connectivity index (χ0v) is 17.1. The van der Waals surface area contributed by atoms with E-state index in [2.05, 4.69) is 16.9 Å². The normalized spacial score (nSPS) is 10.1. The van der Waals surface area contributed by atoms with E-state index in [1.807, 2.05) is 0 Å². The van der Waals surface area contributed by atoms with Crippen molar-refractivity contribution in [3.63, 3.8) is 0 Å². The van der Waals surface area contributed by atoms with Crippen LogP contribution in [0.15, 0.2) is 36.7 Å². The van der Waals surface area contributed by atoms with Crippen LogP contribution in [0.4, 0.5) is 0 Å². The summed E-state index contributed by atoms with van der Waals surface area (Å²) >= 11 is 0. The maximum absolute atomic E-state index is 12.2. The minimum absolute atomic E-state index is 0. The number of nitrogens with zero attached hydrogens (tertiary/aromatic N) is 2. The van der Waals surface area contributed by atoms with Gasteiger partial charge in [-0.1, -0.05) is 39.0 Å². The number of hydrogen-bond acceptors (Lipinski definition) is 5. The van der Waals surface area contributed by atoms with E-state index in [4.69, 9.17) is 9.84 Å². The summed E-state index contributed by atoms with van der Waals surface area (Å²) in [5.41, 5.74) is 1.33. The van der Waals surface area contributed by atoms with Crippen molar-refractivity contribution in [2.45, 2.75) is 45.4 Å². The smallest absolute Gasteiger partial charge is 0.338 e. The SMILES string of the molecule is CCCCCCCCOC(=O)c1ccnc(-c2cc(C(=O)O)ccn2)c1.[Ru]. The van der Waals surface area contributed by atoms with Crippen LogP contribution in [0.5, 0.6) is 0 Å². The second kappa shape index (κ2) is 12.3. The number of ether oxygens (including phenoxy) is 1.